The molecule has 1 saturated carbocycles. The van der Waals surface area contributed by atoms with Crippen LogP contribution in [0.4, 0.5) is 4.79 Å². The van der Waals surface area contributed by atoms with Crippen molar-refractivity contribution in [3.8, 4) is 5.75 Å². The zero-order valence-electron chi connectivity index (χ0n) is 15.0. The third kappa shape index (κ3) is 3.50. The van der Waals surface area contributed by atoms with Gasteiger partial charge in [-0.2, -0.15) is 0 Å². The highest BCUT2D eigenvalue weighted by Crippen LogP contribution is 2.31. The van der Waals surface area contributed by atoms with Crippen LogP contribution in [-0.4, -0.2) is 49.0 Å². The fraction of sp³-hybridized carbons (Fsp3) is 0.500. The highest BCUT2D eigenvalue weighted by Gasteiger charge is 2.49. The number of nitrogens with two attached hydrogens (primary N) is 1. The second-order valence-electron chi connectivity index (χ2n) is 6.98. The number of nitrogens with one attached hydrogen (secondary N) is 2. The van der Waals surface area contributed by atoms with Crippen LogP contribution >= 0.6 is 0 Å². The second kappa shape index (κ2) is 6.95. The summed E-state index contributed by atoms with van der Waals surface area (Å²) in [6.45, 7) is 1.65. The summed E-state index contributed by atoms with van der Waals surface area (Å²) in [6, 6.07) is 6.20. The fourth-order valence-corrected chi connectivity index (χ4v) is 3.08. The molecule has 1 heterocycles. The van der Waals surface area contributed by atoms with Gasteiger partial charge < -0.3 is 21.1 Å². The smallest absolute Gasteiger partial charge is 0.325 e. The van der Waals surface area contributed by atoms with Crippen LogP contribution in [0.1, 0.15) is 25.3 Å². The second-order valence-corrected chi connectivity index (χ2v) is 6.98. The Morgan fingerprint density at radius 2 is 2.04 bits per heavy atom. The number of rotatable bonds is 7. The van der Waals surface area contributed by atoms with E-state index < -0.39 is 23.4 Å². The van der Waals surface area contributed by atoms with Gasteiger partial charge in [0.1, 0.15) is 17.8 Å². The Hall–Kier alpha value is -2.61. The van der Waals surface area contributed by atoms with Gasteiger partial charge in [-0.1, -0.05) is 12.1 Å². The number of hydrogen-bond acceptors (Lipinski definition) is 5. The van der Waals surface area contributed by atoms with Crippen LogP contribution in [0.2, 0.25) is 0 Å². The van der Waals surface area contributed by atoms with E-state index in [4.69, 9.17) is 10.5 Å². The zero-order valence-corrected chi connectivity index (χ0v) is 15.0. The molecule has 1 aliphatic carbocycles. The van der Waals surface area contributed by atoms with Gasteiger partial charge in [0.25, 0.3) is 5.91 Å². The minimum Gasteiger partial charge on any atom is -0.497 e. The topological polar surface area (TPSA) is 114 Å². The van der Waals surface area contributed by atoms with Gasteiger partial charge in [-0.05, 0) is 43.4 Å². The van der Waals surface area contributed by atoms with Crippen molar-refractivity contribution in [3.63, 3.8) is 0 Å². The number of nitrogens with zero attached hydrogens (tertiary/aromatic N) is 1. The van der Waals surface area contributed by atoms with Crippen LogP contribution in [0.15, 0.2) is 24.3 Å². The van der Waals surface area contributed by atoms with Crippen LogP contribution in [0, 0.1) is 5.92 Å². The van der Waals surface area contributed by atoms with Gasteiger partial charge in [0.05, 0.1) is 7.11 Å². The van der Waals surface area contributed by atoms with Crippen LogP contribution in [0.25, 0.3) is 0 Å². The minimum absolute atomic E-state index is 0.0772. The number of amides is 4. The predicted molar refractivity (Wildman–Crippen MR) is 94.3 cm³/mol. The number of ether oxygens (including phenoxy) is 1. The van der Waals surface area contributed by atoms with E-state index in [0.29, 0.717) is 23.8 Å². The highest BCUT2D eigenvalue weighted by molar-refractivity contribution is 6.09. The quantitative estimate of drug-likeness (QED) is 0.606. The summed E-state index contributed by atoms with van der Waals surface area (Å²) in [7, 11) is 1.55. The Labute approximate surface area is 152 Å². The van der Waals surface area contributed by atoms with Crippen molar-refractivity contribution >= 4 is 17.8 Å². The van der Waals surface area contributed by atoms with E-state index in [1.165, 1.54) is 0 Å². The van der Waals surface area contributed by atoms with E-state index in [9.17, 15) is 14.4 Å². The van der Waals surface area contributed by atoms with Crippen LogP contribution < -0.4 is 21.1 Å². The Morgan fingerprint density at radius 3 is 2.62 bits per heavy atom. The first kappa shape index (κ1) is 18.2. The molecule has 1 saturated heterocycles. The molecule has 1 aliphatic heterocycles. The van der Waals surface area contributed by atoms with Crippen molar-refractivity contribution in [2.75, 3.05) is 20.2 Å². The standard InChI is InChI=1S/C18H24N4O4/c1-18(12-5-7-13(26-2)8-6-12)16(24)22(17(25)21-18)10-15(23)20-9-14(19)11-3-4-11/h5-8,11,14H,3-4,9-10,19H2,1-2H3,(H,20,23)(H,21,25). The molecular weight excluding hydrogens is 336 g/mol. The monoisotopic (exact) mass is 360 g/mol. The number of urea groups is 1. The molecule has 4 N–H and O–H groups in total. The Kier molecular flexibility index (Phi) is 4.86. The lowest BCUT2D eigenvalue weighted by molar-refractivity contribution is -0.134. The summed E-state index contributed by atoms with van der Waals surface area (Å²) < 4.78 is 5.11. The highest BCUT2D eigenvalue weighted by atomic mass is 16.5. The molecule has 0 aromatic heterocycles. The van der Waals surface area contributed by atoms with Crippen LogP contribution in [0.3, 0.4) is 0 Å². The summed E-state index contributed by atoms with van der Waals surface area (Å²) in [6.07, 6.45) is 2.18. The average Bonchev–Trinajstić information content (AvgIpc) is 3.45. The van der Waals surface area contributed by atoms with Crippen molar-refractivity contribution < 1.29 is 19.1 Å². The van der Waals surface area contributed by atoms with Crippen molar-refractivity contribution in [2.45, 2.75) is 31.3 Å². The first-order valence-corrected chi connectivity index (χ1v) is 8.66. The van der Waals surface area contributed by atoms with Crippen molar-refractivity contribution in [3.05, 3.63) is 29.8 Å². The van der Waals surface area contributed by atoms with Crippen molar-refractivity contribution in [1.82, 2.24) is 15.5 Å². The molecule has 0 bridgehead atoms. The Balaban J connectivity index is 1.64. The maximum Gasteiger partial charge on any atom is 0.325 e. The molecule has 3 rings (SSSR count). The molecule has 0 spiro atoms. The molecule has 8 nitrogen and oxygen atoms in total. The minimum atomic E-state index is -1.21. The Bertz CT molecular complexity index is 716. The zero-order chi connectivity index (χ0) is 18.9. The van der Waals surface area contributed by atoms with Crippen molar-refractivity contribution in [2.24, 2.45) is 11.7 Å². The number of imide groups is 1. The normalized spacial score (nSPS) is 23.6. The van der Waals surface area contributed by atoms with Gasteiger partial charge >= 0.3 is 6.03 Å². The van der Waals surface area contributed by atoms with E-state index in [0.717, 1.165) is 17.7 Å². The van der Waals surface area contributed by atoms with Gasteiger partial charge in [-0.15, -0.1) is 0 Å². The summed E-state index contributed by atoms with van der Waals surface area (Å²) in [4.78, 5) is 38.1. The van der Waals surface area contributed by atoms with E-state index in [-0.39, 0.29) is 12.6 Å². The molecule has 1 aromatic rings. The Morgan fingerprint density at radius 1 is 1.38 bits per heavy atom. The number of carbonyl (C=O) groups is 3. The third-order valence-electron chi connectivity index (χ3n) is 5.01. The molecule has 8 heteroatoms. The van der Waals surface area contributed by atoms with Gasteiger partial charge in [0.2, 0.25) is 5.91 Å². The number of hydrogen-bond donors (Lipinski definition) is 3. The number of carbonyl (C=O) groups excluding carboxylic acids is 3. The van der Waals surface area contributed by atoms with E-state index in [1.54, 1.807) is 38.3 Å². The lowest BCUT2D eigenvalue weighted by Crippen LogP contribution is -2.45. The molecule has 140 valence electrons. The van der Waals surface area contributed by atoms with Gasteiger partial charge in [0.15, 0.2) is 0 Å². The molecule has 26 heavy (non-hydrogen) atoms. The SMILES string of the molecule is COc1ccc(C2(C)NC(=O)N(CC(=O)NCC(N)C3CC3)C2=O)cc1. The first-order chi connectivity index (χ1) is 12.3. The largest absolute Gasteiger partial charge is 0.497 e. The molecule has 1 aromatic carbocycles. The molecule has 2 unspecified atom stereocenters. The number of methoxy groups -OCH3 is 1. The molecular formula is C18H24N4O4. The summed E-state index contributed by atoms with van der Waals surface area (Å²) >= 11 is 0. The fourth-order valence-electron chi connectivity index (χ4n) is 3.08. The first-order valence-electron chi connectivity index (χ1n) is 8.66. The maximum absolute atomic E-state index is 12.8. The summed E-state index contributed by atoms with van der Waals surface area (Å²) in [5.41, 5.74) is 5.35. The molecule has 2 fully saturated rings. The summed E-state index contributed by atoms with van der Waals surface area (Å²) in [5.74, 6) is 0.251. The lowest BCUT2D eigenvalue weighted by atomic mass is 9.92. The molecule has 0 radical (unpaired) electrons. The molecule has 2 atom stereocenters. The van der Waals surface area contributed by atoms with Gasteiger partial charge in [0, 0.05) is 12.6 Å². The maximum atomic E-state index is 12.8. The van der Waals surface area contributed by atoms with E-state index in [1.807, 2.05) is 0 Å². The van der Waals surface area contributed by atoms with E-state index in [2.05, 4.69) is 10.6 Å². The van der Waals surface area contributed by atoms with Gasteiger partial charge in [-0.3, -0.25) is 14.5 Å². The van der Waals surface area contributed by atoms with E-state index >= 15 is 0 Å². The number of benzene rings is 1. The lowest BCUT2D eigenvalue weighted by Gasteiger charge is -2.22. The predicted octanol–water partition coefficient (Wildman–Crippen LogP) is 0.316. The van der Waals surface area contributed by atoms with Crippen molar-refractivity contribution in [1.29, 1.82) is 0 Å². The average molecular weight is 360 g/mol. The molecule has 2 aliphatic rings. The van der Waals surface area contributed by atoms with Crippen LogP contribution in [0.5, 0.6) is 5.75 Å². The van der Waals surface area contributed by atoms with Gasteiger partial charge in [-0.25, -0.2) is 4.79 Å². The van der Waals surface area contributed by atoms with Crippen LogP contribution in [-0.2, 0) is 15.1 Å². The summed E-state index contributed by atoms with van der Waals surface area (Å²) in [5, 5.41) is 5.37. The molecule has 4 amide bonds. The third-order valence-corrected chi connectivity index (χ3v) is 5.01.